The van der Waals surface area contributed by atoms with Crippen LogP contribution in [0.2, 0.25) is 5.02 Å². The number of piperidine rings is 1. The lowest BCUT2D eigenvalue weighted by molar-refractivity contribution is -0.139. The number of halogens is 1. The Balaban J connectivity index is 1.76. The van der Waals surface area contributed by atoms with Crippen molar-refractivity contribution in [2.24, 2.45) is 0 Å². The first-order chi connectivity index (χ1) is 11.5. The third kappa shape index (κ3) is 5.74. The van der Waals surface area contributed by atoms with Crippen molar-refractivity contribution in [1.82, 2.24) is 14.8 Å². The molecule has 0 bridgehead atoms. The summed E-state index contributed by atoms with van der Waals surface area (Å²) < 4.78 is 0. The molecule has 1 amide bonds. The average molecular weight is 355 g/mol. The quantitative estimate of drug-likeness (QED) is 0.772. The molecule has 0 unspecified atom stereocenters. The minimum absolute atomic E-state index is 0.0733. The Labute approximate surface area is 146 Å². The summed E-state index contributed by atoms with van der Waals surface area (Å²) in [4.78, 5) is 31.1. The van der Waals surface area contributed by atoms with Gasteiger partial charge in [0.2, 0.25) is 5.91 Å². The van der Waals surface area contributed by atoms with E-state index in [1.54, 1.807) is 12.1 Å². The number of likely N-dealkylation sites (tertiary alicyclic amines) is 1. The van der Waals surface area contributed by atoms with E-state index in [0.29, 0.717) is 17.4 Å². The topological polar surface area (TPSA) is 85.8 Å². The van der Waals surface area contributed by atoms with Crippen LogP contribution in [0.3, 0.4) is 0 Å². The summed E-state index contributed by atoms with van der Waals surface area (Å²) in [6, 6.07) is 3.61. The molecule has 2 N–H and O–H groups in total. The zero-order chi connectivity index (χ0) is 17.5. The number of likely N-dealkylation sites (N-methyl/N-ethyl adjacent to an activating group) is 1. The van der Waals surface area contributed by atoms with Gasteiger partial charge in [0.15, 0.2) is 0 Å². The van der Waals surface area contributed by atoms with E-state index in [9.17, 15) is 9.59 Å². The fourth-order valence-electron chi connectivity index (χ4n) is 2.95. The summed E-state index contributed by atoms with van der Waals surface area (Å²) in [5.74, 6) is -0.423. The number of nitrogens with one attached hydrogen (secondary N) is 1. The number of rotatable bonds is 7. The Hall–Kier alpha value is -1.70. The molecule has 0 saturated carbocycles. The van der Waals surface area contributed by atoms with Crippen LogP contribution in [0.15, 0.2) is 18.3 Å². The van der Waals surface area contributed by atoms with Gasteiger partial charge in [0.05, 0.1) is 18.1 Å². The molecule has 132 valence electrons. The standard InChI is InChI=1S/C16H23ClN4O3/c1-2-21(11-16(23)24)13-5-7-20(8-6-13)10-15(22)19-14-4-3-12(17)9-18-14/h3-4,9,13H,2,5-8,10-11H2,1H3,(H,23,24)(H,18,19,22). The van der Waals surface area contributed by atoms with Crippen molar-refractivity contribution >= 4 is 29.3 Å². The second kappa shape index (κ2) is 8.96. The van der Waals surface area contributed by atoms with Crippen molar-refractivity contribution in [2.45, 2.75) is 25.8 Å². The van der Waals surface area contributed by atoms with Crippen molar-refractivity contribution in [3.63, 3.8) is 0 Å². The molecular formula is C16H23ClN4O3. The van der Waals surface area contributed by atoms with Crippen LogP contribution in [0.25, 0.3) is 0 Å². The number of anilines is 1. The van der Waals surface area contributed by atoms with Gasteiger partial charge in [-0.1, -0.05) is 18.5 Å². The number of hydrogen-bond acceptors (Lipinski definition) is 5. The number of hydrogen-bond donors (Lipinski definition) is 2. The maximum Gasteiger partial charge on any atom is 0.317 e. The van der Waals surface area contributed by atoms with E-state index in [-0.39, 0.29) is 18.5 Å². The first-order valence-electron chi connectivity index (χ1n) is 8.07. The molecule has 7 nitrogen and oxygen atoms in total. The second-order valence-corrected chi connectivity index (χ2v) is 6.31. The molecule has 1 saturated heterocycles. The SMILES string of the molecule is CCN(CC(=O)O)C1CCN(CC(=O)Nc2ccc(Cl)cn2)CC1. The number of nitrogens with zero attached hydrogens (tertiary/aromatic N) is 3. The maximum absolute atomic E-state index is 12.1. The van der Waals surface area contributed by atoms with Crippen LogP contribution < -0.4 is 5.32 Å². The van der Waals surface area contributed by atoms with E-state index in [0.717, 1.165) is 32.5 Å². The van der Waals surface area contributed by atoms with Gasteiger partial charge in [-0.2, -0.15) is 0 Å². The van der Waals surface area contributed by atoms with Crippen molar-refractivity contribution in [2.75, 3.05) is 38.0 Å². The minimum atomic E-state index is -0.797. The lowest BCUT2D eigenvalue weighted by atomic mass is 10.0. The monoisotopic (exact) mass is 354 g/mol. The fourth-order valence-corrected chi connectivity index (χ4v) is 3.06. The number of carboxylic acid groups (broad SMARTS) is 1. The predicted octanol–water partition coefficient (Wildman–Crippen LogP) is 1.54. The number of amides is 1. The Morgan fingerprint density at radius 2 is 2.12 bits per heavy atom. The Kier molecular flexibility index (Phi) is 6.96. The molecule has 1 aliphatic heterocycles. The smallest absolute Gasteiger partial charge is 0.317 e. The van der Waals surface area contributed by atoms with Crippen LogP contribution in [-0.4, -0.2) is 70.5 Å². The van der Waals surface area contributed by atoms with Gasteiger partial charge in [-0.25, -0.2) is 4.98 Å². The van der Waals surface area contributed by atoms with E-state index >= 15 is 0 Å². The zero-order valence-corrected chi connectivity index (χ0v) is 14.5. The molecule has 2 heterocycles. The largest absolute Gasteiger partial charge is 0.480 e. The van der Waals surface area contributed by atoms with Crippen molar-refractivity contribution in [3.8, 4) is 0 Å². The lowest BCUT2D eigenvalue weighted by Gasteiger charge is -2.37. The van der Waals surface area contributed by atoms with Gasteiger partial charge < -0.3 is 10.4 Å². The van der Waals surface area contributed by atoms with Crippen LogP contribution in [0.4, 0.5) is 5.82 Å². The normalized spacial score (nSPS) is 16.3. The lowest BCUT2D eigenvalue weighted by Crippen LogP contribution is -2.48. The van der Waals surface area contributed by atoms with E-state index in [2.05, 4.69) is 15.2 Å². The second-order valence-electron chi connectivity index (χ2n) is 5.87. The van der Waals surface area contributed by atoms with Crippen molar-refractivity contribution in [3.05, 3.63) is 23.4 Å². The maximum atomic E-state index is 12.1. The highest BCUT2D eigenvalue weighted by Crippen LogP contribution is 2.16. The molecule has 0 spiro atoms. The molecule has 0 aromatic carbocycles. The van der Waals surface area contributed by atoms with Gasteiger partial charge in [0, 0.05) is 25.3 Å². The van der Waals surface area contributed by atoms with Gasteiger partial charge in [-0.15, -0.1) is 0 Å². The summed E-state index contributed by atoms with van der Waals surface area (Å²) in [5, 5.41) is 12.2. The number of carbonyl (C=O) groups is 2. The highest BCUT2D eigenvalue weighted by molar-refractivity contribution is 6.30. The van der Waals surface area contributed by atoms with Crippen molar-refractivity contribution in [1.29, 1.82) is 0 Å². The third-order valence-electron chi connectivity index (χ3n) is 4.18. The molecule has 0 atom stereocenters. The Morgan fingerprint density at radius 3 is 2.67 bits per heavy atom. The molecule has 8 heteroatoms. The molecule has 1 aliphatic rings. The van der Waals surface area contributed by atoms with Crippen LogP contribution in [-0.2, 0) is 9.59 Å². The Morgan fingerprint density at radius 1 is 1.42 bits per heavy atom. The molecular weight excluding hydrogens is 332 g/mol. The van der Waals surface area contributed by atoms with E-state index < -0.39 is 5.97 Å². The van der Waals surface area contributed by atoms with E-state index in [4.69, 9.17) is 16.7 Å². The first-order valence-corrected chi connectivity index (χ1v) is 8.45. The highest BCUT2D eigenvalue weighted by atomic mass is 35.5. The molecule has 1 aromatic rings. The Bertz CT molecular complexity index is 559. The third-order valence-corrected chi connectivity index (χ3v) is 4.40. The molecule has 24 heavy (non-hydrogen) atoms. The molecule has 0 aliphatic carbocycles. The minimum Gasteiger partial charge on any atom is -0.480 e. The van der Waals surface area contributed by atoms with Gasteiger partial charge in [0.1, 0.15) is 5.82 Å². The first kappa shape index (κ1) is 18.6. The number of pyridine rings is 1. The molecule has 1 fully saturated rings. The number of aromatic nitrogens is 1. The summed E-state index contributed by atoms with van der Waals surface area (Å²) in [7, 11) is 0. The number of aliphatic carboxylic acids is 1. The molecule has 1 aromatic heterocycles. The number of carbonyl (C=O) groups excluding carboxylic acids is 1. The summed E-state index contributed by atoms with van der Waals surface area (Å²) >= 11 is 5.76. The van der Waals surface area contributed by atoms with E-state index in [1.807, 2.05) is 11.8 Å². The van der Waals surface area contributed by atoms with Crippen LogP contribution in [0.5, 0.6) is 0 Å². The fraction of sp³-hybridized carbons (Fsp3) is 0.562. The zero-order valence-electron chi connectivity index (χ0n) is 13.7. The summed E-state index contributed by atoms with van der Waals surface area (Å²) in [6.07, 6.45) is 3.23. The number of carboxylic acids is 1. The van der Waals surface area contributed by atoms with Gasteiger partial charge >= 0.3 is 5.97 Å². The predicted molar refractivity (Wildman–Crippen MR) is 92.2 cm³/mol. The summed E-state index contributed by atoms with van der Waals surface area (Å²) in [5.41, 5.74) is 0. The molecule has 0 radical (unpaired) electrons. The highest BCUT2D eigenvalue weighted by Gasteiger charge is 2.25. The van der Waals surface area contributed by atoms with Gasteiger partial charge in [0.25, 0.3) is 0 Å². The van der Waals surface area contributed by atoms with Crippen LogP contribution in [0.1, 0.15) is 19.8 Å². The van der Waals surface area contributed by atoms with Crippen LogP contribution >= 0.6 is 11.6 Å². The van der Waals surface area contributed by atoms with Gasteiger partial charge in [-0.3, -0.25) is 19.4 Å². The van der Waals surface area contributed by atoms with Crippen molar-refractivity contribution < 1.29 is 14.7 Å². The van der Waals surface area contributed by atoms with Gasteiger partial charge in [-0.05, 0) is 31.5 Å². The summed E-state index contributed by atoms with van der Waals surface area (Å²) in [6.45, 7) is 4.64. The van der Waals surface area contributed by atoms with Crippen LogP contribution in [0, 0.1) is 0 Å². The van der Waals surface area contributed by atoms with E-state index in [1.165, 1.54) is 6.20 Å². The average Bonchev–Trinajstić information content (AvgIpc) is 2.55. The molecule has 2 rings (SSSR count).